The molecule has 1 fully saturated rings. The van der Waals surface area contributed by atoms with E-state index in [2.05, 4.69) is 20.8 Å². The van der Waals surface area contributed by atoms with Crippen molar-refractivity contribution in [2.75, 3.05) is 13.1 Å². The van der Waals surface area contributed by atoms with Gasteiger partial charge in [0, 0.05) is 35.7 Å². The summed E-state index contributed by atoms with van der Waals surface area (Å²) in [4.78, 5) is 2.13. The average Bonchev–Trinajstić information content (AvgIpc) is 2.08. The smallest absolute Gasteiger partial charge is 0.128 e. The summed E-state index contributed by atoms with van der Waals surface area (Å²) in [5.41, 5.74) is 6.37. The number of nitrogens with zero attached hydrogens (tertiary/aromatic N) is 1. The molecule has 2 nitrogen and oxygen atoms in total. The van der Waals surface area contributed by atoms with Crippen molar-refractivity contribution in [3.8, 4) is 0 Å². The van der Waals surface area contributed by atoms with E-state index in [-0.39, 0.29) is 11.9 Å². The van der Waals surface area contributed by atoms with Crippen molar-refractivity contribution in [1.82, 2.24) is 4.90 Å². The van der Waals surface area contributed by atoms with Gasteiger partial charge in [-0.15, -0.1) is 0 Å². The molecule has 0 bridgehead atoms. The maximum absolute atomic E-state index is 13.4. The lowest BCUT2D eigenvalue weighted by Gasteiger charge is -2.37. The second kappa shape index (κ2) is 3.96. The van der Waals surface area contributed by atoms with Crippen LogP contribution in [0.2, 0.25) is 0 Å². The van der Waals surface area contributed by atoms with Crippen LogP contribution in [0.5, 0.6) is 0 Å². The fourth-order valence-corrected chi connectivity index (χ4v) is 2.11. The number of rotatable bonds is 2. The summed E-state index contributed by atoms with van der Waals surface area (Å²) in [6.45, 7) is 2.36. The highest BCUT2D eigenvalue weighted by molar-refractivity contribution is 9.10. The zero-order valence-electron chi connectivity index (χ0n) is 7.71. The van der Waals surface area contributed by atoms with Crippen molar-refractivity contribution < 1.29 is 4.39 Å². The van der Waals surface area contributed by atoms with Crippen molar-refractivity contribution in [1.29, 1.82) is 0 Å². The van der Waals surface area contributed by atoms with Crippen LogP contribution < -0.4 is 5.73 Å². The molecule has 0 saturated carbocycles. The fraction of sp³-hybridized carbons (Fsp3) is 0.400. The monoisotopic (exact) mass is 258 g/mol. The van der Waals surface area contributed by atoms with Gasteiger partial charge in [0.2, 0.25) is 0 Å². The molecule has 14 heavy (non-hydrogen) atoms. The van der Waals surface area contributed by atoms with Gasteiger partial charge in [-0.1, -0.05) is 22.0 Å². The summed E-state index contributed by atoms with van der Waals surface area (Å²) in [6.07, 6.45) is 0. The van der Waals surface area contributed by atoms with E-state index in [1.54, 1.807) is 6.07 Å². The standard InChI is InChI=1S/C10H12BrFN2/c11-9-2-1-3-10(12)8(9)6-14-4-7(13)5-14/h1-3,7H,4-6,13H2. The quantitative estimate of drug-likeness (QED) is 0.876. The van der Waals surface area contributed by atoms with Crippen LogP contribution in [0.3, 0.4) is 0 Å². The van der Waals surface area contributed by atoms with Crippen molar-refractivity contribution in [3.63, 3.8) is 0 Å². The summed E-state index contributed by atoms with van der Waals surface area (Å²) >= 11 is 3.35. The summed E-state index contributed by atoms with van der Waals surface area (Å²) in [7, 11) is 0. The lowest BCUT2D eigenvalue weighted by Crippen LogP contribution is -2.55. The van der Waals surface area contributed by atoms with E-state index in [0.29, 0.717) is 6.54 Å². The third-order valence-corrected chi connectivity index (χ3v) is 3.17. The Morgan fingerprint density at radius 3 is 2.79 bits per heavy atom. The van der Waals surface area contributed by atoms with Crippen LogP contribution in [-0.2, 0) is 6.54 Å². The first-order chi connectivity index (χ1) is 6.66. The number of hydrogen-bond donors (Lipinski definition) is 1. The molecule has 2 N–H and O–H groups in total. The second-order valence-corrected chi connectivity index (χ2v) is 4.51. The number of hydrogen-bond acceptors (Lipinski definition) is 2. The van der Waals surface area contributed by atoms with Crippen LogP contribution in [-0.4, -0.2) is 24.0 Å². The molecule has 1 aliphatic heterocycles. The predicted molar refractivity (Wildman–Crippen MR) is 57.4 cm³/mol. The van der Waals surface area contributed by atoms with E-state index in [4.69, 9.17) is 5.73 Å². The molecule has 0 radical (unpaired) electrons. The Morgan fingerprint density at radius 2 is 2.21 bits per heavy atom. The van der Waals surface area contributed by atoms with E-state index < -0.39 is 0 Å². The van der Waals surface area contributed by atoms with Gasteiger partial charge < -0.3 is 5.73 Å². The third kappa shape index (κ3) is 1.97. The Morgan fingerprint density at radius 1 is 1.50 bits per heavy atom. The van der Waals surface area contributed by atoms with Gasteiger partial charge in [0.1, 0.15) is 5.82 Å². The number of nitrogens with two attached hydrogens (primary N) is 1. The zero-order valence-corrected chi connectivity index (χ0v) is 9.30. The molecule has 1 aromatic rings. The van der Waals surface area contributed by atoms with Gasteiger partial charge in [-0.2, -0.15) is 0 Å². The number of likely N-dealkylation sites (tertiary alicyclic amines) is 1. The highest BCUT2D eigenvalue weighted by atomic mass is 79.9. The molecule has 0 aromatic heterocycles. The Kier molecular flexibility index (Phi) is 2.85. The molecule has 76 valence electrons. The van der Waals surface area contributed by atoms with Gasteiger partial charge in [0.05, 0.1) is 0 Å². The molecular formula is C10H12BrFN2. The maximum atomic E-state index is 13.4. The van der Waals surface area contributed by atoms with E-state index in [9.17, 15) is 4.39 Å². The van der Waals surface area contributed by atoms with Gasteiger partial charge in [-0.25, -0.2) is 4.39 Å². The highest BCUT2D eigenvalue weighted by Gasteiger charge is 2.24. The molecule has 0 amide bonds. The predicted octanol–water partition coefficient (Wildman–Crippen LogP) is 1.73. The first kappa shape index (κ1) is 10.1. The molecule has 1 aliphatic rings. The molecule has 4 heteroatoms. The summed E-state index contributed by atoms with van der Waals surface area (Å²) in [5, 5.41) is 0. The summed E-state index contributed by atoms with van der Waals surface area (Å²) < 4.78 is 14.2. The first-order valence-corrected chi connectivity index (χ1v) is 5.37. The Labute approximate surface area is 91.0 Å². The molecule has 1 saturated heterocycles. The van der Waals surface area contributed by atoms with Gasteiger partial charge in [-0.05, 0) is 12.1 Å². The van der Waals surface area contributed by atoms with Gasteiger partial charge >= 0.3 is 0 Å². The zero-order chi connectivity index (χ0) is 10.1. The fourth-order valence-electron chi connectivity index (χ4n) is 1.65. The Balaban J connectivity index is 2.09. The van der Waals surface area contributed by atoms with Crippen molar-refractivity contribution in [3.05, 3.63) is 34.1 Å². The van der Waals surface area contributed by atoms with E-state index >= 15 is 0 Å². The normalized spacial score (nSPS) is 18.2. The summed E-state index contributed by atoms with van der Waals surface area (Å²) in [5.74, 6) is -0.153. The maximum Gasteiger partial charge on any atom is 0.128 e. The lowest BCUT2D eigenvalue weighted by atomic mass is 10.1. The average molecular weight is 259 g/mol. The number of halogens is 2. The second-order valence-electron chi connectivity index (χ2n) is 3.65. The van der Waals surface area contributed by atoms with Crippen LogP contribution in [0.15, 0.2) is 22.7 Å². The molecule has 0 unspecified atom stereocenters. The van der Waals surface area contributed by atoms with Crippen molar-refractivity contribution in [2.24, 2.45) is 5.73 Å². The Bertz CT molecular complexity index is 317. The van der Waals surface area contributed by atoms with Crippen LogP contribution >= 0.6 is 15.9 Å². The van der Waals surface area contributed by atoms with Crippen LogP contribution in [0.4, 0.5) is 4.39 Å². The SMILES string of the molecule is NC1CN(Cc2c(F)cccc2Br)C1. The minimum atomic E-state index is -0.153. The van der Waals surface area contributed by atoms with E-state index in [1.165, 1.54) is 6.07 Å². The van der Waals surface area contributed by atoms with E-state index in [1.807, 2.05) is 6.07 Å². The van der Waals surface area contributed by atoms with Crippen molar-refractivity contribution >= 4 is 15.9 Å². The highest BCUT2D eigenvalue weighted by Crippen LogP contribution is 2.22. The molecular weight excluding hydrogens is 247 g/mol. The van der Waals surface area contributed by atoms with Crippen LogP contribution in [0.1, 0.15) is 5.56 Å². The van der Waals surface area contributed by atoms with Gasteiger partial charge in [-0.3, -0.25) is 4.90 Å². The molecule has 1 heterocycles. The molecule has 0 atom stereocenters. The molecule has 0 aliphatic carbocycles. The summed E-state index contributed by atoms with van der Waals surface area (Å²) in [6, 6.07) is 5.31. The molecule has 1 aromatic carbocycles. The lowest BCUT2D eigenvalue weighted by molar-refractivity contribution is 0.140. The number of benzene rings is 1. The van der Waals surface area contributed by atoms with E-state index in [0.717, 1.165) is 23.1 Å². The molecule has 0 spiro atoms. The largest absolute Gasteiger partial charge is 0.325 e. The van der Waals surface area contributed by atoms with Crippen LogP contribution in [0.25, 0.3) is 0 Å². The topological polar surface area (TPSA) is 29.3 Å². The minimum absolute atomic E-state index is 0.153. The van der Waals surface area contributed by atoms with Crippen molar-refractivity contribution in [2.45, 2.75) is 12.6 Å². The molecule has 2 rings (SSSR count). The first-order valence-electron chi connectivity index (χ1n) is 4.57. The van der Waals surface area contributed by atoms with Gasteiger partial charge in [0.25, 0.3) is 0 Å². The third-order valence-electron chi connectivity index (χ3n) is 2.43. The van der Waals surface area contributed by atoms with Crippen LogP contribution in [0, 0.1) is 5.82 Å². The van der Waals surface area contributed by atoms with Gasteiger partial charge in [0.15, 0.2) is 0 Å². The Hall–Kier alpha value is -0.450. The minimum Gasteiger partial charge on any atom is -0.325 e.